The third kappa shape index (κ3) is 5.44. The Morgan fingerprint density at radius 2 is 0.843 bits per heavy atom. The number of hydrogen-bond acceptors (Lipinski definition) is 2. The number of ether oxygens (including phenoxy) is 1. The minimum atomic E-state index is -0.621. The van der Waals surface area contributed by atoms with Crippen LogP contribution < -0.4 is 9.64 Å². The molecule has 15 rings (SSSR count). The zero-order valence-electron chi connectivity index (χ0n) is 38.2. The zero-order chi connectivity index (χ0) is 45.9. The Balaban J connectivity index is 1.02. The van der Waals surface area contributed by atoms with Gasteiger partial charge < -0.3 is 9.64 Å². The fourth-order valence-corrected chi connectivity index (χ4v) is 12.7. The van der Waals surface area contributed by atoms with E-state index in [0.29, 0.717) is 0 Å². The van der Waals surface area contributed by atoms with Crippen molar-refractivity contribution in [1.29, 1.82) is 0 Å². The molecule has 0 N–H and O–H groups in total. The maximum Gasteiger partial charge on any atom is 0.159 e. The first kappa shape index (κ1) is 39.1. The van der Waals surface area contributed by atoms with Crippen LogP contribution in [0.1, 0.15) is 33.4 Å². The first-order valence-electron chi connectivity index (χ1n) is 24.4. The predicted molar refractivity (Wildman–Crippen MR) is 287 cm³/mol. The molecule has 1 atom stereocenters. The molecular weight excluding hydrogens is 847 g/mol. The van der Waals surface area contributed by atoms with E-state index in [9.17, 15) is 0 Å². The third-order valence-corrected chi connectivity index (χ3v) is 15.5. The Morgan fingerprint density at radius 1 is 0.314 bits per heavy atom. The Kier molecular flexibility index (Phi) is 8.38. The smallest absolute Gasteiger partial charge is 0.159 e. The second-order valence-corrected chi connectivity index (χ2v) is 19.0. The van der Waals surface area contributed by atoms with Gasteiger partial charge in [-0.3, -0.25) is 0 Å². The van der Waals surface area contributed by atoms with Gasteiger partial charge in [0.25, 0.3) is 0 Å². The molecule has 0 saturated carbocycles. The van der Waals surface area contributed by atoms with Gasteiger partial charge in [0.05, 0.1) is 11.1 Å². The van der Waals surface area contributed by atoms with E-state index in [4.69, 9.17) is 4.74 Å². The van der Waals surface area contributed by atoms with Crippen molar-refractivity contribution in [3.8, 4) is 89.4 Å². The summed E-state index contributed by atoms with van der Waals surface area (Å²) in [7, 11) is 0. The molecule has 4 aliphatic rings. The molecule has 70 heavy (non-hydrogen) atoms. The second kappa shape index (κ2) is 15.0. The number of fused-ring (bicyclic) bond motifs is 21. The standard InChI is InChI=1S/C68H43NO/c1-2-17-43(18-3-1)44-33-36-47(37-34-44)69(63-31-16-28-56-52-23-8-7-22-51(52)55-26-12-15-32-64(55)70-67(56)63)48-38-40-61-58(42-48)53-24-9-6-21-50(53)54-25-10-13-29-59(54)68(61)60-30-14-11-27-57(60)66-62(68)39-35-46-41-45-19-4-5-20-49(45)65(46)66/h1-40,42H,41H2. The molecule has 1 aliphatic heterocycles. The number of rotatable bonds is 4. The molecule has 1 heterocycles. The van der Waals surface area contributed by atoms with Crippen LogP contribution in [0.3, 0.4) is 0 Å². The largest absolute Gasteiger partial charge is 0.454 e. The number of para-hydroxylation sites is 2. The molecule has 0 radical (unpaired) electrons. The van der Waals surface area contributed by atoms with Crippen molar-refractivity contribution in [3.63, 3.8) is 0 Å². The highest BCUT2D eigenvalue weighted by Gasteiger charge is 2.51. The Morgan fingerprint density at radius 3 is 1.61 bits per heavy atom. The van der Waals surface area contributed by atoms with Gasteiger partial charge >= 0.3 is 0 Å². The Bertz CT molecular complexity index is 3960. The van der Waals surface area contributed by atoms with Gasteiger partial charge in [0, 0.05) is 22.5 Å². The monoisotopic (exact) mass is 889 g/mol. The molecule has 1 unspecified atom stereocenters. The highest BCUT2D eigenvalue weighted by atomic mass is 16.5. The molecular formula is C68H43NO. The van der Waals surface area contributed by atoms with E-state index in [-0.39, 0.29) is 0 Å². The molecule has 11 aromatic rings. The lowest BCUT2D eigenvalue weighted by atomic mass is 9.65. The lowest BCUT2D eigenvalue weighted by Gasteiger charge is -2.36. The lowest BCUT2D eigenvalue weighted by Crippen LogP contribution is -2.29. The van der Waals surface area contributed by atoms with Crippen LogP contribution in [0.4, 0.5) is 17.1 Å². The molecule has 0 bridgehead atoms. The minimum Gasteiger partial charge on any atom is -0.454 e. The highest BCUT2D eigenvalue weighted by molar-refractivity contribution is 6.04. The van der Waals surface area contributed by atoms with Crippen molar-refractivity contribution in [2.75, 3.05) is 4.90 Å². The van der Waals surface area contributed by atoms with Gasteiger partial charge in [0.15, 0.2) is 5.75 Å². The first-order valence-corrected chi connectivity index (χ1v) is 24.4. The summed E-state index contributed by atoms with van der Waals surface area (Å²) < 4.78 is 7.24. The van der Waals surface area contributed by atoms with E-state index in [1.165, 1.54) is 89.0 Å². The van der Waals surface area contributed by atoms with Crippen LogP contribution in [0.25, 0.3) is 77.9 Å². The predicted octanol–water partition coefficient (Wildman–Crippen LogP) is 17.8. The summed E-state index contributed by atoms with van der Waals surface area (Å²) in [5.41, 5.74) is 27.6. The highest BCUT2D eigenvalue weighted by Crippen LogP contribution is 2.64. The van der Waals surface area contributed by atoms with Gasteiger partial charge in [-0.05, 0) is 143 Å². The van der Waals surface area contributed by atoms with Gasteiger partial charge in [-0.25, -0.2) is 0 Å². The van der Waals surface area contributed by atoms with Crippen molar-refractivity contribution >= 4 is 17.1 Å². The third-order valence-electron chi connectivity index (χ3n) is 15.5. The number of benzene rings is 11. The summed E-state index contributed by atoms with van der Waals surface area (Å²) in [4.78, 5) is 2.41. The van der Waals surface area contributed by atoms with Gasteiger partial charge in [-0.15, -0.1) is 0 Å². The maximum atomic E-state index is 7.24. The molecule has 0 fully saturated rings. The van der Waals surface area contributed by atoms with Crippen LogP contribution >= 0.6 is 0 Å². The molecule has 2 heteroatoms. The summed E-state index contributed by atoms with van der Waals surface area (Å²) in [6, 6.07) is 92.1. The summed E-state index contributed by atoms with van der Waals surface area (Å²) in [6.07, 6.45) is 0.947. The van der Waals surface area contributed by atoms with Crippen LogP contribution in [0.5, 0.6) is 11.5 Å². The van der Waals surface area contributed by atoms with Gasteiger partial charge in [0.2, 0.25) is 0 Å². The average molecular weight is 890 g/mol. The normalized spacial score (nSPS) is 14.7. The summed E-state index contributed by atoms with van der Waals surface area (Å²) in [5.74, 6) is 1.66. The molecule has 0 amide bonds. The van der Waals surface area contributed by atoms with E-state index in [1.807, 2.05) is 0 Å². The minimum absolute atomic E-state index is 0.621. The van der Waals surface area contributed by atoms with Crippen LogP contribution in [0.2, 0.25) is 0 Å². The van der Waals surface area contributed by atoms with Crippen LogP contribution in [-0.2, 0) is 11.8 Å². The fraction of sp³-hybridized carbons (Fsp3) is 0.0294. The van der Waals surface area contributed by atoms with Crippen LogP contribution in [0, 0.1) is 0 Å². The second-order valence-electron chi connectivity index (χ2n) is 19.0. The SMILES string of the molecule is c1ccc(-c2ccc(N(c3ccc4c(c3)-c3ccccc3-c3ccccc3C43c4ccccc4-c4c3ccc3c4-c4ccccc4C3)c3cccc4c3Oc3ccccc3-c3ccccc3-4)cc2)cc1. The van der Waals surface area contributed by atoms with Crippen molar-refractivity contribution in [2.24, 2.45) is 0 Å². The summed E-state index contributed by atoms with van der Waals surface area (Å²) in [5, 5.41) is 0. The van der Waals surface area contributed by atoms with Gasteiger partial charge in [-0.2, -0.15) is 0 Å². The summed E-state index contributed by atoms with van der Waals surface area (Å²) in [6.45, 7) is 0. The molecule has 0 aromatic heterocycles. The Labute approximate surface area is 408 Å². The molecule has 3 aliphatic carbocycles. The molecule has 2 nitrogen and oxygen atoms in total. The van der Waals surface area contributed by atoms with Gasteiger partial charge in [-0.1, -0.05) is 212 Å². The van der Waals surface area contributed by atoms with Crippen LogP contribution in [0.15, 0.2) is 249 Å². The van der Waals surface area contributed by atoms with Gasteiger partial charge in [0.1, 0.15) is 5.75 Å². The Hall–Kier alpha value is -8.98. The molecule has 11 aromatic carbocycles. The molecule has 1 spiro atoms. The van der Waals surface area contributed by atoms with E-state index < -0.39 is 5.41 Å². The van der Waals surface area contributed by atoms with Crippen molar-refractivity contribution in [1.82, 2.24) is 0 Å². The molecule has 0 saturated heterocycles. The maximum absolute atomic E-state index is 7.24. The van der Waals surface area contributed by atoms with E-state index in [1.54, 1.807) is 0 Å². The van der Waals surface area contributed by atoms with E-state index in [2.05, 4.69) is 254 Å². The van der Waals surface area contributed by atoms with Crippen LogP contribution in [-0.4, -0.2) is 0 Å². The van der Waals surface area contributed by atoms with E-state index in [0.717, 1.165) is 57.2 Å². The average Bonchev–Trinajstić information content (AvgIpc) is 3.87. The van der Waals surface area contributed by atoms with Crippen molar-refractivity contribution < 1.29 is 4.74 Å². The topological polar surface area (TPSA) is 12.5 Å². The number of anilines is 3. The van der Waals surface area contributed by atoms with Crippen molar-refractivity contribution in [3.05, 3.63) is 282 Å². The first-order chi connectivity index (χ1) is 34.7. The van der Waals surface area contributed by atoms with E-state index >= 15 is 0 Å². The zero-order valence-corrected chi connectivity index (χ0v) is 38.2. The summed E-state index contributed by atoms with van der Waals surface area (Å²) >= 11 is 0. The number of nitrogens with zero attached hydrogens (tertiary/aromatic N) is 1. The fourth-order valence-electron chi connectivity index (χ4n) is 12.7. The quantitative estimate of drug-likeness (QED) is 0.175. The van der Waals surface area contributed by atoms with Crippen molar-refractivity contribution in [2.45, 2.75) is 11.8 Å². The molecule has 326 valence electrons. The number of hydrogen-bond donors (Lipinski definition) is 0. The lowest BCUT2D eigenvalue weighted by molar-refractivity contribution is 0.489.